The number of carbonyl (C=O) groups is 1. The number of nitrogens with one attached hydrogen (secondary N) is 1. The lowest BCUT2D eigenvalue weighted by Gasteiger charge is -2.06. The second-order valence-electron chi connectivity index (χ2n) is 3.60. The molecule has 0 radical (unpaired) electrons. The van der Waals surface area contributed by atoms with Crippen molar-refractivity contribution < 1.29 is 9.18 Å². The molecule has 4 heteroatoms. The zero-order valence-electron chi connectivity index (χ0n) is 9.27. The fourth-order valence-electron chi connectivity index (χ4n) is 1.46. The quantitative estimate of drug-likeness (QED) is 0.861. The van der Waals surface area contributed by atoms with E-state index in [0.29, 0.717) is 16.9 Å². The van der Waals surface area contributed by atoms with Gasteiger partial charge >= 0.3 is 0 Å². The van der Waals surface area contributed by atoms with Gasteiger partial charge in [0.15, 0.2) is 0 Å². The molecule has 0 aliphatic heterocycles. The first kappa shape index (κ1) is 11.3. The number of nitrogens with zero attached hydrogens (tertiary/aromatic N) is 1. The Kier molecular flexibility index (Phi) is 3.14. The van der Waals surface area contributed by atoms with Gasteiger partial charge < -0.3 is 5.32 Å². The first-order valence-corrected chi connectivity index (χ1v) is 5.15. The van der Waals surface area contributed by atoms with Crippen molar-refractivity contribution in [2.45, 2.75) is 6.92 Å². The molecule has 0 saturated heterocycles. The van der Waals surface area contributed by atoms with E-state index in [1.165, 1.54) is 24.3 Å². The number of pyridine rings is 1. The summed E-state index contributed by atoms with van der Waals surface area (Å²) in [5, 5.41) is 2.68. The van der Waals surface area contributed by atoms with Crippen molar-refractivity contribution in [3.63, 3.8) is 0 Å². The van der Waals surface area contributed by atoms with Gasteiger partial charge in [0.05, 0.1) is 5.56 Å². The van der Waals surface area contributed by atoms with Crippen molar-refractivity contribution >= 4 is 11.6 Å². The van der Waals surface area contributed by atoms with Crippen LogP contribution in [0.5, 0.6) is 0 Å². The monoisotopic (exact) mass is 230 g/mol. The Morgan fingerprint density at radius 1 is 1.24 bits per heavy atom. The molecule has 0 bridgehead atoms. The van der Waals surface area contributed by atoms with Crippen LogP contribution < -0.4 is 5.32 Å². The van der Waals surface area contributed by atoms with Gasteiger partial charge in [0, 0.05) is 17.6 Å². The van der Waals surface area contributed by atoms with Crippen molar-refractivity contribution in [1.29, 1.82) is 0 Å². The maximum Gasteiger partial charge on any atom is 0.257 e. The molecule has 0 spiro atoms. The third kappa shape index (κ3) is 2.66. The Morgan fingerprint density at radius 3 is 2.59 bits per heavy atom. The van der Waals surface area contributed by atoms with Gasteiger partial charge in [-0.3, -0.25) is 9.78 Å². The highest BCUT2D eigenvalue weighted by Gasteiger charge is 2.09. The van der Waals surface area contributed by atoms with E-state index in [0.717, 1.165) is 0 Å². The molecular formula is C13H11FN2O. The summed E-state index contributed by atoms with van der Waals surface area (Å²) in [7, 11) is 0. The van der Waals surface area contributed by atoms with Gasteiger partial charge in [0.1, 0.15) is 5.82 Å². The Hall–Kier alpha value is -2.23. The lowest BCUT2D eigenvalue weighted by Crippen LogP contribution is -2.13. The second-order valence-corrected chi connectivity index (χ2v) is 3.60. The molecule has 1 N–H and O–H groups in total. The van der Waals surface area contributed by atoms with E-state index >= 15 is 0 Å². The fourth-order valence-corrected chi connectivity index (χ4v) is 1.46. The number of halogens is 1. The molecule has 2 rings (SSSR count). The van der Waals surface area contributed by atoms with Crippen molar-refractivity contribution in [1.82, 2.24) is 4.98 Å². The molecule has 86 valence electrons. The van der Waals surface area contributed by atoms with Crippen molar-refractivity contribution in [2.75, 3.05) is 5.32 Å². The maximum absolute atomic E-state index is 12.7. The lowest BCUT2D eigenvalue weighted by molar-refractivity contribution is 0.102. The summed E-state index contributed by atoms with van der Waals surface area (Å²) in [5.41, 5.74) is 1.73. The highest BCUT2D eigenvalue weighted by atomic mass is 19.1. The molecule has 0 atom stereocenters. The molecule has 17 heavy (non-hydrogen) atoms. The van der Waals surface area contributed by atoms with Crippen molar-refractivity contribution in [2.24, 2.45) is 0 Å². The molecule has 1 amide bonds. The Balaban J connectivity index is 2.17. The summed E-state index contributed by atoms with van der Waals surface area (Å²) < 4.78 is 12.7. The van der Waals surface area contributed by atoms with Gasteiger partial charge in [-0.2, -0.15) is 0 Å². The normalized spacial score (nSPS) is 10.0. The third-order valence-electron chi connectivity index (χ3n) is 2.35. The van der Waals surface area contributed by atoms with E-state index in [1.54, 1.807) is 25.3 Å². The van der Waals surface area contributed by atoms with Crippen molar-refractivity contribution in [3.8, 4) is 0 Å². The average molecular weight is 230 g/mol. The minimum Gasteiger partial charge on any atom is -0.322 e. The van der Waals surface area contributed by atoms with E-state index in [2.05, 4.69) is 10.3 Å². The summed E-state index contributed by atoms with van der Waals surface area (Å²) >= 11 is 0. The molecule has 0 saturated carbocycles. The average Bonchev–Trinajstić information content (AvgIpc) is 2.32. The van der Waals surface area contributed by atoms with Crippen LogP contribution >= 0.6 is 0 Å². The first-order valence-electron chi connectivity index (χ1n) is 5.15. The summed E-state index contributed by atoms with van der Waals surface area (Å²) in [4.78, 5) is 15.9. The van der Waals surface area contributed by atoms with Crippen LogP contribution in [0.3, 0.4) is 0 Å². The molecule has 1 heterocycles. The van der Waals surface area contributed by atoms with Gasteiger partial charge in [-0.1, -0.05) is 0 Å². The third-order valence-corrected chi connectivity index (χ3v) is 2.35. The Morgan fingerprint density at radius 2 is 1.94 bits per heavy atom. The van der Waals surface area contributed by atoms with Gasteiger partial charge in [-0.15, -0.1) is 0 Å². The van der Waals surface area contributed by atoms with Gasteiger partial charge in [0.2, 0.25) is 0 Å². The smallest absolute Gasteiger partial charge is 0.257 e. The van der Waals surface area contributed by atoms with Gasteiger partial charge in [-0.05, 0) is 43.3 Å². The second kappa shape index (κ2) is 4.74. The molecule has 1 aromatic carbocycles. The molecule has 0 unspecified atom stereocenters. The number of hydrogen-bond acceptors (Lipinski definition) is 2. The van der Waals surface area contributed by atoms with E-state index < -0.39 is 0 Å². The van der Waals surface area contributed by atoms with Crippen LogP contribution in [-0.4, -0.2) is 10.9 Å². The molecule has 2 aromatic rings. The largest absolute Gasteiger partial charge is 0.322 e. The minimum absolute atomic E-state index is 0.248. The van der Waals surface area contributed by atoms with E-state index in [4.69, 9.17) is 0 Å². The summed E-state index contributed by atoms with van der Waals surface area (Å²) in [5.74, 6) is -0.581. The lowest BCUT2D eigenvalue weighted by atomic mass is 10.2. The number of anilines is 1. The SMILES string of the molecule is Cc1ncccc1C(=O)Nc1ccc(F)cc1. The highest BCUT2D eigenvalue weighted by Crippen LogP contribution is 2.11. The van der Waals surface area contributed by atoms with Crippen LogP contribution in [0.2, 0.25) is 0 Å². The van der Waals surface area contributed by atoms with Crippen LogP contribution in [0.1, 0.15) is 16.1 Å². The zero-order chi connectivity index (χ0) is 12.3. The van der Waals surface area contributed by atoms with Crippen molar-refractivity contribution in [3.05, 3.63) is 59.7 Å². The standard InChI is InChI=1S/C13H11FN2O/c1-9-12(3-2-8-15-9)13(17)16-11-6-4-10(14)5-7-11/h2-8H,1H3,(H,16,17). The predicted octanol–water partition coefficient (Wildman–Crippen LogP) is 2.78. The van der Waals surface area contributed by atoms with E-state index in [-0.39, 0.29) is 11.7 Å². The number of carbonyl (C=O) groups excluding carboxylic acids is 1. The van der Waals surface area contributed by atoms with E-state index in [1.807, 2.05) is 0 Å². The van der Waals surface area contributed by atoms with Crippen LogP contribution in [0.15, 0.2) is 42.6 Å². The summed E-state index contributed by atoms with van der Waals surface area (Å²) in [6.45, 7) is 1.76. The van der Waals surface area contributed by atoms with Gasteiger partial charge in [-0.25, -0.2) is 4.39 Å². The molecule has 0 fully saturated rings. The minimum atomic E-state index is -0.333. The molecular weight excluding hydrogens is 219 g/mol. The maximum atomic E-state index is 12.7. The molecule has 1 aromatic heterocycles. The highest BCUT2D eigenvalue weighted by molar-refractivity contribution is 6.04. The van der Waals surface area contributed by atoms with Gasteiger partial charge in [0.25, 0.3) is 5.91 Å². The van der Waals surface area contributed by atoms with Crippen LogP contribution in [-0.2, 0) is 0 Å². The fraction of sp³-hybridized carbons (Fsp3) is 0.0769. The Labute approximate surface area is 98.3 Å². The molecule has 3 nitrogen and oxygen atoms in total. The number of aryl methyl sites for hydroxylation is 1. The summed E-state index contributed by atoms with van der Waals surface area (Å²) in [6.07, 6.45) is 1.63. The number of benzene rings is 1. The molecule has 0 aliphatic carbocycles. The topological polar surface area (TPSA) is 42.0 Å². The molecule has 0 aliphatic rings. The predicted molar refractivity (Wildman–Crippen MR) is 63.3 cm³/mol. The first-order chi connectivity index (χ1) is 8.16. The van der Waals surface area contributed by atoms with Crippen LogP contribution in [0, 0.1) is 12.7 Å². The number of aromatic nitrogens is 1. The van der Waals surface area contributed by atoms with Crippen LogP contribution in [0.4, 0.5) is 10.1 Å². The number of hydrogen-bond donors (Lipinski definition) is 1. The van der Waals surface area contributed by atoms with Crippen LogP contribution in [0.25, 0.3) is 0 Å². The summed E-state index contributed by atoms with van der Waals surface area (Å²) in [6, 6.07) is 9.02. The zero-order valence-corrected chi connectivity index (χ0v) is 9.27. The van der Waals surface area contributed by atoms with E-state index in [9.17, 15) is 9.18 Å². The Bertz CT molecular complexity index is 537. The number of rotatable bonds is 2. The number of amides is 1.